The van der Waals surface area contributed by atoms with E-state index in [1.807, 2.05) is 38.1 Å². The van der Waals surface area contributed by atoms with Gasteiger partial charge in [-0.05, 0) is 32.4 Å². The maximum atomic E-state index is 12.1. The Hall–Kier alpha value is -3.22. The average Bonchev–Trinajstić information content (AvgIpc) is 3.30. The highest BCUT2D eigenvalue weighted by Crippen LogP contribution is 2.31. The Morgan fingerprint density at radius 3 is 2.69 bits per heavy atom. The van der Waals surface area contributed by atoms with Gasteiger partial charge in [-0.3, -0.25) is 15.0 Å². The van der Waals surface area contributed by atoms with Crippen LogP contribution < -0.4 is 5.43 Å². The van der Waals surface area contributed by atoms with E-state index in [1.165, 1.54) is 22.0 Å². The molecule has 1 aromatic carbocycles. The number of amides is 2. The zero-order valence-electron chi connectivity index (χ0n) is 14.6. The van der Waals surface area contributed by atoms with Crippen LogP contribution in [0.5, 0.6) is 0 Å². The topological polar surface area (TPSA) is 80.1 Å². The highest BCUT2D eigenvalue weighted by Gasteiger charge is 2.41. The van der Waals surface area contributed by atoms with E-state index in [2.05, 4.69) is 21.6 Å². The molecule has 2 bridgehead atoms. The molecule has 132 valence electrons. The van der Waals surface area contributed by atoms with Crippen LogP contribution in [0.2, 0.25) is 0 Å². The third-order valence-electron chi connectivity index (χ3n) is 4.54. The minimum Gasteiger partial charge on any atom is -0.272 e. The number of hydrogen-bond donors (Lipinski definition) is 1. The second kappa shape index (κ2) is 6.25. The monoisotopic (exact) mass is 349 g/mol. The smallest absolute Gasteiger partial charge is 0.264 e. The van der Waals surface area contributed by atoms with Crippen molar-refractivity contribution in [1.82, 2.24) is 25.2 Å². The molecule has 2 amide bonds. The molecule has 1 fully saturated rings. The summed E-state index contributed by atoms with van der Waals surface area (Å²) in [5, 5.41) is 5.77. The molecule has 0 spiro atoms. The number of nitrogens with zero attached hydrogens (tertiary/aromatic N) is 4. The molecule has 1 saturated heterocycles. The Bertz CT molecular complexity index is 923. The van der Waals surface area contributed by atoms with Gasteiger partial charge in [-0.15, -0.1) is 5.10 Å². The Morgan fingerprint density at radius 2 is 2.00 bits per heavy atom. The summed E-state index contributed by atoms with van der Waals surface area (Å²) in [5.74, 6) is 0.0684. The van der Waals surface area contributed by atoms with Gasteiger partial charge < -0.3 is 0 Å². The van der Waals surface area contributed by atoms with Crippen molar-refractivity contribution in [2.45, 2.75) is 26.3 Å². The largest absolute Gasteiger partial charge is 0.272 e. The maximum absolute atomic E-state index is 12.1. The van der Waals surface area contributed by atoms with Gasteiger partial charge in [0.1, 0.15) is 6.33 Å². The third-order valence-corrected chi connectivity index (χ3v) is 4.54. The zero-order chi connectivity index (χ0) is 18.3. The predicted octanol–water partition coefficient (Wildman–Crippen LogP) is 1.85. The summed E-state index contributed by atoms with van der Waals surface area (Å²) < 4.78 is 1.48. The molecule has 7 nitrogen and oxygen atoms in total. The lowest BCUT2D eigenvalue weighted by molar-refractivity contribution is -0.139. The molecule has 4 rings (SSSR count). The number of hydrogen-bond acceptors (Lipinski definition) is 4. The van der Waals surface area contributed by atoms with E-state index in [9.17, 15) is 9.59 Å². The first-order chi connectivity index (χ1) is 12.5. The third kappa shape index (κ3) is 3.03. The fourth-order valence-corrected chi connectivity index (χ4v) is 3.42. The molecule has 0 saturated carbocycles. The first-order valence-corrected chi connectivity index (χ1v) is 8.49. The molecule has 1 N–H and O–H groups in total. The summed E-state index contributed by atoms with van der Waals surface area (Å²) in [6.07, 6.45) is 8.98. The first-order valence-electron chi connectivity index (χ1n) is 8.49. The van der Waals surface area contributed by atoms with Gasteiger partial charge in [-0.1, -0.05) is 29.3 Å². The van der Waals surface area contributed by atoms with Gasteiger partial charge in [0.25, 0.3) is 5.91 Å². The van der Waals surface area contributed by atoms with E-state index in [0.29, 0.717) is 5.82 Å². The van der Waals surface area contributed by atoms with E-state index < -0.39 is 0 Å². The summed E-state index contributed by atoms with van der Waals surface area (Å²) in [4.78, 5) is 28.4. The fraction of sp³-hybridized carbons (Fsp3) is 0.263. The van der Waals surface area contributed by atoms with Gasteiger partial charge in [-0.2, -0.15) is 0 Å². The van der Waals surface area contributed by atoms with Crippen molar-refractivity contribution in [2.75, 3.05) is 0 Å². The number of rotatable bonds is 4. The normalized spacial score (nSPS) is 21.2. The Kier molecular flexibility index (Phi) is 3.91. The van der Waals surface area contributed by atoms with Crippen molar-refractivity contribution in [3.05, 3.63) is 53.9 Å². The summed E-state index contributed by atoms with van der Waals surface area (Å²) in [5.41, 5.74) is 5.85. The van der Waals surface area contributed by atoms with Gasteiger partial charge >= 0.3 is 0 Å². The van der Waals surface area contributed by atoms with Crippen LogP contribution in [0.4, 0.5) is 0 Å². The zero-order valence-corrected chi connectivity index (χ0v) is 14.6. The minimum absolute atomic E-state index is 0.0348. The number of benzene rings is 1. The van der Waals surface area contributed by atoms with E-state index in [0.717, 1.165) is 23.1 Å². The SMILES string of the molecule is Cc1cc(C)cc(-c2ncn(/C=C\C(=O)NN3C(=O)[C@@H]4C=C[C@H]3C4)n2)c1. The van der Waals surface area contributed by atoms with Crippen molar-refractivity contribution in [3.8, 4) is 11.4 Å². The van der Waals surface area contributed by atoms with Crippen LogP contribution in [0.3, 0.4) is 0 Å². The summed E-state index contributed by atoms with van der Waals surface area (Å²) in [6.45, 7) is 4.05. The van der Waals surface area contributed by atoms with Gasteiger partial charge in [0.05, 0.1) is 12.0 Å². The van der Waals surface area contributed by atoms with E-state index in [-0.39, 0.29) is 23.8 Å². The van der Waals surface area contributed by atoms with Crippen LogP contribution in [-0.2, 0) is 9.59 Å². The minimum atomic E-state index is -0.372. The number of nitrogens with one attached hydrogen (secondary N) is 1. The van der Waals surface area contributed by atoms with Crippen molar-refractivity contribution in [1.29, 1.82) is 0 Å². The van der Waals surface area contributed by atoms with Crippen molar-refractivity contribution >= 4 is 18.0 Å². The summed E-state index contributed by atoms with van der Waals surface area (Å²) in [7, 11) is 0. The number of aryl methyl sites for hydroxylation is 2. The fourth-order valence-electron chi connectivity index (χ4n) is 3.42. The van der Waals surface area contributed by atoms with Crippen molar-refractivity contribution < 1.29 is 9.59 Å². The molecule has 2 heterocycles. The lowest BCUT2D eigenvalue weighted by atomic mass is 10.1. The molecule has 1 aliphatic heterocycles. The van der Waals surface area contributed by atoms with E-state index in [4.69, 9.17) is 0 Å². The quantitative estimate of drug-likeness (QED) is 0.675. The Labute approximate surface area is 151 Å². The molecule has 2 aliphatic rings. The molecule has 0 radical (unpaired) electrons. The van der Waals surface area contributed by atoms with Crippen LogP contribution in [0, 0.1) is 19.8 Å². The van der Waals surface area contributed by atoms with Crippen LogP contribution in [0.25, 0.3) is 17.6 Å². The molecule has 2 atom stereocenters. The molecular weight excluding hydrogens is 330 g/mol. The first kappa shape index (κ1) is 16.3. The number of fused-ring (bicyclic) bond motifs is 2. The van der Waals surface area contributed by atoms with Gasteiger partial charge in [0, 0.05) is 17.8 Å². The summed E-state index contributed by atoms with van der Waals surface area (Å²) >= 11 is 0. The average molecular weight is 349 g/mol. The second-order valence-corrected chi connectivity index (χ2v) is 6.72. The van der Waals surface area contributed by atoms with Crippen LogP contribution in [0.1, 0.15) is 17.5 Å². The maximum Gasteiger partial charge on any atom is 0.264 e. The molecular formula is C19H19N5O2. The standard InChI is InChI=1S/C19H19N5O2/c1-12-7-13(2)9-15(8-12)18-20-11-23(22-18)6-5-17(25)21-24-16-4-3-14(10-16)19(24)26/h3-9,11,14,16H,10H2,1-2H3,(H,21,25)/b6-5-/t14-,16+/m1/s1. The van der Waals surface area contributed by atoms with E-state index in [1.54, 1.807) is 6.33 Å². The number of carbonyl (C=O) groups excluding carboxylic acids is 2. The highest BCUT2D eigenvalue weighted by molar-refractivity contribution is 5.93. The number of hydrazine groups is 1. The molecule has 7 heteroatoms. The van der Waals surface area contributed by atoms with Gasteiger partial charge in [-0.25, -0.2) is 14.7 Å². The second-order valence-electron chi connectivity index (χ2n) is 6.72. The molecule has 1 aliphatic carbocycles. The lowest BCUT2D eigenvalue weighted by Crippen LogP contribution is -2.48. The van der Waals surface area contributed by atoms with E-state index >= 15 is 0 Å². The molecule has 0 unspecified atom stereocenters. The lowest BCUT2D eigenvalue weighted by Gasteiger charge is -2.23. The van der Waals surface area contributed by atoms with Gasteiger partial charge in [0.15, 0.2) is 5.82 Å². The number of aromatic nitrogens is 3. The molecule has 1 aromatic heterocycles. The molecule has 26 heavy (non-hydrogen) atoms. The van der Waals surface area contributed by atoms with Crippen LogP contribution in [-0.4, -0.2) is 37.6 Å². The predicted molar refractivity (Wildman–Crippen MR) is 96.3 cm³/mol. The number of carbonyl (C=O) groups is 2. The van der Waals surface area contributed by atoms with Gasteiger partial charge in [0.2, 0.25) is 5.91 Å². The summed E-state index contributed by atoms with van der Waals surface area (Å²) in [6, 6.07) is 6.09. The van der Waals surface area contributed by atoms with Crippen LogP contribution >= 0.6 is 0 Å². The highest BCUT2D eigenvalue weighted by atomic mass is 16.2. The van der Waals surface area contributed by atoms with Crippen molar-refractivity contribution in [3.63, 3.8) is 0 Å². The Balaban J connectivity index is 1.43. The van der Waals surface area contributed by atoms with Crippen LogP contribution in [0.15, 0.2) is 42.8 Å². The Morgan fingerprint density at radius 1 is 1.23 bits per heavy atom. The van der Waals surface area contributed by atoms with Crippen molar-refractivity contribution in [2.24, 2.45) is 5.92 Å². The molecule has 2 aromatic rings.